The Labute approximate surface area is 105 Å². The number of carbonyl (C=O) groups excluding carboxylic acids is 1. The van der Waals surface area contributed by atoms with Gasteiger partial charge in [0.15, 0.2) is 0 Å². The SMILES string of the molecule is CC(=O)C1CC[C@H]2[C@H]1C(C(C)C)CC[C@]2(C)O. The normalized spacial score (nSPS) is 46.0. The summed E-state index contributed by atoms with van der Waals surface area (Å²) in [6.45, 7) is 8.23. The molecule has 2 aliphatic carbocycles. The molecule has 2 fully saturated rings. The Balaban J connectivity index is 2.28. The van der Waals surface area contributed by atoms with Gasteiger partial charge in [0, 0.05) is 5.92 Å². The summed E-state index contributed by atoms with van der Waals surface area (Å²) in [5.41, 5.74) is -0.541. The molecule has 2 unspecified atom stereocenters. The van der Waals surface area contributed by atoms with E-state index in [1.807, 2.05) is 6.92 Å². The highest BCUT2D eigenvalue weighted by Gasteiger charge is 2.53. The number of fused-ring (bicyclic) bond motifs is 1. The Morgan fingerprint density at radius 2 is 1.94 bits per heavy atom. The van der Waals surface area contributed by atoms with Crippen LogP contribution in [0.3, 0.4) is 0 Å². The maximum absolute atomic E-state index is 11.8. The van der Waals surface area contributed by atoms with Gasteiger partial charge in [0.25, 0.3) is 0 Å². The van der Waals surface area contributed by atoms with E-state index in [0.717, 1.165) is 25.7 Å². The molecule has 0 aromatic rings. The lowest BCUT2D eigenvalue weighted by Crippen LogP contribution is -2.47. The fraction of sp³-hybridized carbons (Fsp3) is 0.933. The predicted molar refractivity (Wildman–Crippen MR) is 68.6 cm³/mol. The Morgan fingerprint density at radius 1 is 1.29 bits per heavy atom. The summed E-state index contributed by atoms with van der Waals surface area (Å²) in [6.07, 6.45) is 4.01. The highest BCUT2D eigenvalue weighted by atomic mass is 16.3. The third-order valence-corrected chi connectivity index (χ3v) is 5.37. The molecule has 0 amide bonds. The van der Waals surface area contributed by atoms with Crippen LogP contribution in [0.4, 0.5) is 0 Å². The molecular formula is C15H26O2. The molecule has 0 bridgehead atoms. The van der Waals surface area contributed by atoms with Crippen LogP contribution in [0.1, 0.15) is 53.4 Å². The maximum atomic E-state index is 11.8. The van der Waals surface area contributed by atoms with Crippen molar-refractivity contribution in [3.63, 3.8) is 0 Å². The number of carbonyl (C=O) groups is 1. The molecule has 2 saturated carbocycles. The van der Waals surface area contributed by atoms with Gasteiger partial charge in [0.2, 0.25) is 0 Å². The zero-order valence-electron chi connectivity index (χ0n) is 11.6. The van der Waals surface area contributed by atoms with Crippen molar-refractivity contribution in [3.05, 3.63) is 0 Å². The topological polar surface area (TPSA) is 37.3 Å². The van der Waals surface area contributed by atoms with Gasteiger partial charge in [-0.15, -0.1) is 0 Å². The van der Waals surface area contributed by atoms with E-state index in [2.05, 4.69) is 13.8 Å². The molecule has 0 heterocycles. The molecule has 0 aromatic carbocycles. The second-order valence-corrected chi connectivity index (χ2v) is 6.78. The monoisotopic (exact) mass is 238 g/mol. The van der Waals surface area contributed by atoms with E-state index in [1.165, 1.54) is 0 Å². The van der Waals surface area contributed by atoms with Crippen LogP contribution in [0.15, 0.2) is 0 Å². The Morgan fingerprint density at radius 3 is 2.47 bits per heavy atom. The van der Waals surface area contributed by atoms with Gasteiger partial charge in [-0.05, 0) is 63.2 Å². The van der Waals surface area contributed by atoms with Gasteiger partial charge in [0.05, 0.1) is 5.60 Å². The first-order valence-corrected chi connectivity index (χ1v) is 7.07. The van der Waals surface area contributed by atoms with Gasteiger partial charge in [-0.25, -0.2) is 0 Å². The minimum absolute atomic E-state index is 0.208. The molecule has 0 aliphatic heterocycles. The van der Waals surface area contributed by atoms with Crippen LogP contribution in [-0.4, -0.2) is 16.5 Å². The largest absolute Gasteiger partial charge is 0.390 e. The quantitative estimate of drug-likeness (QED) is 0.803. The molecule has 2 heteroatoms. The summed E-state index contributed by atoms with van der Waals surface area (Å²) in [6, 6.07) is 0. The molecule has 1 N–H and O–H groups in total. The third kappa shape index (κ3) is 2.16. The molecule has 98 valence electrons. The van der Waals surface area contributed by atoms with Crippen molar-refractivity contribution < 1.29 is 9.90 Å². The highest BCUT2D eigenvalue weighted by molar-refractivity contribution is 5.79. The average molecular weight is 238 g/mol. The fourth-order valence-corrected chi connectivity index (χ4v) is 4.44. The van der Waals surface area contributed by atoms with Crippen LogP contribution in [0, 0.1) is 29.6 Å². The fourth-order valence-electron chi connectivity index (χ4n) is 4.44. The van der Waals surface area contributed by atoms with E-state index in [4.69, 9.17) is 0 Å². The summed E-state index contributed by atoms with van der Waals surface area (Å²) in [5, 5.41) is 10.5. The van der Waals surface area contributed by atoms with Crippen molar-refractivity contribution in [2.75, 3.05) is 0 Å². The predicted octanol–water partition coefficient (Wildman–Crippen LogP) is 3.03. The van der Waals surface area contributed by atoms with Gasteiger partial charge in [-0.2, -0.15) is 0 Å². The standard InChI is InChI=1S/C15H26O2/c1-9(2)11-7-8-15(4,17)13-6-5-12(10(3)16)14(11)13/h9,11-14,17H,5-8H2,1-4H3/t11?,12?,13-,14-,15-/m0/s1. The number of rotatable bonds is 2. The Bertz CT molecular complexity index is 306. The molecule has 2 aliphatic rings. The molecule has 5 atom stereocenters. The number of hydrogen-bond acceptors (Lipinski definition) is 2. The van der Waals surface area contributed by atoms with Gasteiger partial charge in [-0.3, -0.25) is 4.79 Å². The lowest BCUT2D eigenvalue weighted by atomic mass is 9.61. The summed E-state index contributed by atoms with van der Waals surface area (Å²) >= 11 is 0. The highest BCUT2D eigenvalue weighted by Crippen LogP contribution is 2.54. The summed E-state index contributed by atoms with van der Waals surface area (Å²) in [4.78, 5) is 11.8. The van der Waals surface area contributed by atoms with E-state index >= 15 is 0 Å². The molecule has 2 rings (SSSR count). The number of Topliss-reactive ketones (excluding diaryl/α,β-unsaturated/α-hetero) is 1. The van der Waals surface area contributed by atoms with Gasteiger partial charge >= 0.3 is 0 Å². The van der Waals surface area contributed by atoms with Crippen molar-refractivity contribution in [3.8, 4) is 0 Å². The second kappa shape index (κ2) is 4.38. The molecular weight excluding hydrogens is 212 g/mol. The summed E-state index contributed by atoms with van der Waals surface area (Å²) < 4.78 is 0. The van der Waals surface area contributed by atoms with Crippen molar-refractivity contribution >= 4 is 5.78 Å². The molecule has 0 aromatic heterocycles. The van der Waals surface area contributed by atoms with E-state index in [1.54, 1.807) is 6.92 Å². The van der Waals surface area contributed by atoms with Crippen LogP contribution >= 0.6 is 0 Å². The van der Waals surface area contributed by atoms with Crippen LogP contribution in [-0.2, 0) is 4.79 Å². The lowest BCUT2D eigenvalue weighted by molar-refractivity contribution is -0.127. The lowest BCUT2D eigenvalue weighted by Gasteiger charge is -2.46. The van der Waals surface area contributed by atoms with Crippen molar-refractivity contribution in [1.82, 2.24) is 0 Å². The van der Waals surface area contributed by atoms with Crippen molar-refractivity contribution in [2.24, 2.45) is 29.6 Å². The molecule has 0 spiro atoms. The van der Waals surface area contributed by atoms with Crippen LogP contribution in [0.25, 0.3) is 0 Å². The molecule has 0 radical (unpaired) electrons. The van der Waals surface area contributed by atoms with Gasteiger partial charge in [-0.1, -0.05) is 13.8 Å². The van der Waals surface area contributed by atoms with E-state index < -0.39 is 5.60 Å². The zero-order valence-corrected chi connectivity index (χ0v) is 11.6. The first-order chi connectivity index (χ1) is 7.84. The first kappa shape index (κ1) is 13.1. The van der Waals surface area contributed by atoms with Gasteiger partial charge in [0.1, 0.15) is 5.78 Å². The second-order valence-electron chi connectivity index (χ2n) is 6.78. The van der Waals surface area contributed by atoms with Crippen LogP contribution in [0.5, 0.6) is 0 Å². The smallest absolute Gasteiger partial charge is 0.133 e. The third-order valence-electron chi connectivity index (χ3n) is 5.37. The summed E-state index contributed by atoms with van der Waals surface area (Å²) in [7, 11) is 0. The van der Waals surface area contributed by atoms with Crippen molar-refractivity contribution in [1.29, 1.82) is 0 Å². The maximum Gasteiger partial charge on any atom is 0.133 e. The minimum Gasteiger partial charge on any atom is -0.390 e. The van der Waals surface area contributed by atoms with Crippen LogP contribution < -0.4 is 0 Å². The average Bonchev–Trinajstić information content (AvgIpc) is 2.62. The number of aliphatic hydroxyl groups is 1. The molecule has 0 saturated heterocycles. The van der Waals surface area contributed by atoms with Crippen molar-refractivity contribution in [2.45, 2.75) is 59.0 Å². The molecule has 17 heavy (non-hydrogen) atoms. The van der Waals surface area contributed by atoms with Crippen LogP contribution in [0.2, 0.25) is 0 Å². The zero-order chi connectivity index (χ0) is 12.8. The van der Waals surface area contributed by atoms with E-state index in [9.17, 15) is 9.90 Å². The van der Waals surface area contributed by atoms with E-state index in [-0.39, 0.29) is 5.92 Å². The Kier molecular flexibility index (Phi) is 3.37. The minimum atomic E-state index is -0.541. The first-order valence-electron chi connectivity index (χ1n) is 7.07. The Hall–Kier alpha value is -0.370. The number of hydrogen-bond donors (Lipinski definition) is 1. The van der Waals surface area contributed by atoms with E-state index in [0.29, 0.717) is 29.5 Å². The summed E-state index contributed by atoms with van der Waals surface area (Å²) in [5.74, 6) is 2.56. The van der Waals surface area contributed by atoms with Gasteiger partial charge < -0.3 is 5.11 Å². The number of ketones is 1. The molecule has 2 nitrogen and oxygen atoms in total.